The van der Waals surface area contributed by atoms with Gasteiger partial charge in [-0.1, -0.05) is 35.9 Å². The first kappa shape index (κ1) is 19.9. The number of rotatable bonds is 6. The van der Waals surface area contributed by atoms with E-state index < -0.39 is 0 Å². The fourth-order valence-electron chi connectivity index (χ4n) is 3.10. The summed E-state index contributed by atoms with van der Waals surface area (Å²) in [4.78, 5) is 28.2. The summed E-state index contributed by atoms with van der Waals surface area (Å²) in [5.74, 6) is 0.355. The maximum absolute atomic E-state index is 12.7. The predicted molar refractivity (Wildman–Crippen MR) is 106 cm³/mol. The van der Waals surface area contributed by atoms with Crippen molar-refractivity contribution in [3.8, 4) is 5.75 Å². The first-order chi connectivity index (χ1) is 13.5. The molecule has 1 aliphatic heterocycles. The molecule has 6 nitrogen and oxygen atoms in total. The quantitative estimate of drug-likeness (QED) is 0.770. The third kappa shape index (κ3) is 5.33. The van der Waals surface area contributed by atoms with Crippen molar-refractivity contribution in [1.82, 2.24) is 9.80 Å². The van der Waals surface area contributed by atoms with Crippen LogP contribution in [-0.2, 0) is 16.1 Å². The lowest BCUT2D eigenvalue weighted by Crippen LogP contribution is -2.46. The van der Waals surface area contributed by atoms with Gasteiger partial charge in [0.1, 0.15) is 12.4 Å². The number of nitrogens with zero attached hydrogens (tertiary/aromatic N) is 2. The van der Waals surface area contributed by atoms with Crippen molar-refractivity contribution in [3.05, 3.63) is 65.2 Å². The standard InChI is InChI=1S/C22H26N2O4/c1-17-5-3-6-18(13-17)16-28-20-8-4-7-19(14-20)22(26)23(2)15-21(25)24-9-11-27-12-10-24/h3-8,13-14H,9-12,15-16H2,1-2H3. The van der Waals surface area contributed by atoms with E-state index in [2.05, 4.69) is 6.07 Å². The minimum absolute atomic E-state index is 0.0488. The summed E-state index contributed by atoms with van der Waals surface area (Å²) in [5, 5.41) is 0. The van der Waals surface area contributed by atoms with E-state index in [1.807, 2.05) is 31.2 Å². The summed E-state index contributed by atoms with van der Waals surface area (Å²) >= 11 is 0. The van der Waals surface area contributed by atoms with Crippen LogP contribution in [0.1, 0.15) is 21.5 Å². The number of amides is 2. The summed E-state index contributed by atoms with van der Waals surface area (Å²) in [6.45, 7) is 4.76. The Balaban J connectivity index is 1.58. The van der Waals surface area contributed by atoms with Crippen LogP contribution >= 0.6 is 0 Å². The molecule has 1 saturated heterocycles. The van der Waals surface area contributed by atoms with Crippen LogP contribution in [0.5, 0.6) is 5.75 Å². The third-order valence-corrected chi connectivity index (χ3v) is 4.65. The van der Waals surface area contributed by atoms with E-state index in [0.29, 0.717) is 44.2 Å². The second-order valence-corrected chi connectivity index (χ2v) is 6.96. The van der Waals surface area contributed by atoms with Crippen molar-refractivity contribution in [2.24, 2.45) is 0 Å². The minimum Gasteiger partial charge on any atom is -0.489 e. The molecule has 148 valence electrons. The lowest BCUT2D eigenvalue weighted by atomic mass is 10.1. The fraction of sp³-hybridized carbons (Fsp3) is 0.364. The number of benzene rings is 2. The highest BCUT2D eigenvalue weighted by atomic mass is 16.5. The first-order valence-electron chi connectivity index (χ1n) is 9.42. The van der Waals surface area contributed by atoms with E-state index in [9.17, 15) is 9.59 Å². The second kappa shape index (κ2) is 9.37. The number of carbonyl (C=O) groups excluding carboxylic acids is 2. The Morgan fingerprint density at radius 3 is 2.61 bits per heavy atom. The van der Waals surface area contributed by atoms with Gasteiger partial charge < -0.3 is 19.3 Å². The Labute approximate surface area is 165 Å². The van der Waals surface area contributed by atoms with Crippen molar-refractivity contribution in [2.75, 3.05) is 39.9 Å². The van der Waals surface area contributed by atoms with Crippen LogP contribution in [0.2, 0.25) is 0 Å². The van der Waals surface area contributed by atoms with E-state index >= 15 is 0 Å². The number of likely N-dealkylation sites (N-methyl/N-ethyl adjacent to an activating group) is 1. The Bertz CT molecular complexity index is 831. The molecule has 1 aliphatic rings. The van der Waals surface area contributed by atoms with Gasteiger partial charge in [-0.2, -0.15) is 0 Å². The fourth-order valence-corrected chi connectivity index (χ4v) is 3.10. The molecule has 2 aromatic rings. The van der Waals surface area contributed by atoms with Crippen LogP contribution in [0.3, 0.4) is 0 Å². The maximum Gasteiger partial charge on any atom is 0.254 e. The normalized spacial score (nSPS) is 13.9. The van der Waals surface area contributed by atoms with E-state index in [1.54, 1.807) is 30.1 Å². The Hall–Kier alpha value is -2.86. The highest BCUT2D eigenvalue weighted by Crippen LogP contribution is 2.17. The summed E-state index contributed by atoms with van der Waals surface area (Å²) in [7, 11) is 1.64. The van der Waals surface area contributed by atoms with Gasteiger partial charge in [0.2, 0.25) is 5.91 Å². The van der Waals surface area contributed by atoms with Gasteiger partial charge in [-0.15, -0.1) is 0 Å². The van der Waals surface area contributed by atoms with Crippen LogP contribution in [0.15, 0.2) is 48.5 Å². The van der Waals surface area contributed by atoms with E-state index in [0.717, 1.165) is 5.56 Å². The second-order valence-electron chi connectivity index (χ2n) is 6.96. The van der Waals surface area contributed by atoms with Gasteiger partial charge >= 0.3 is 0 Å². The molecule has 0 radical (unpaired) electrons. The number of hydrogen-bond acceptors (Lipinski definition) is 4. The van der Waals surface area contributed by atoms with Crippen molar-refractivity contribution in [3.63, 3.8) is 0 Å². The lowest BCUT2D eigenvalue weighted by Gasteiger charge is -2.28. The molecule has 6 heteroatoms. The third-order valence-electron chi connectivity index (χ3n) is 4.65. The van der Waals surface area contributed by atoms with Gasteiger partial charge in [-0.3, -0.25) is 9.59 Å². The molecule has 0 aromatic heterocycles. The monoisotopic (exact) mass is 382 g/mol. The molecule has 1 heterocycles. The molecule has 0 N–H and O–H groups in total. The van der Waals surface area contributed by atoms with Crippen LogP contribution in [0, 0.1) is 6.92 Å². The zero-order valence-corrected chi connectivity index (χ0v) is 16.4. The molecule has 0 saturated carbocycles. The smallest absolute Gasteiger partial charge is 0.254 e. The number of morpholine rings is 1. The number of ether oxygens (including phenoxy) is 2. The average Bonchev–Trinajstić information content (AvgIpc) is 2.72. The van der Waals surface area contributed by atoms with E-state index in [4.69, 9.17) is 9.47 Å². The molecule has 0 spiro atoms. The summed E-state index contributed by atoms with van der Waals surface area (Å²) in [6, 6.07) is 15.2. The van der Waals surface area contributed by atoms with Crippen molar-refractivity contribution >= 4 is 11.8 Å². The number of hydrogen-bond donors (Lipinski definition) is 0. The average molecular weight is 382 g/mol. The first-order valence-corrected chi connectivity index (χ1v) is 9.42. The van der Waals surface area contributed by atoms with Gasteiger partial charge in [-0.25, -0.2) is 0 Å². The molecule has 28 heavy (non-hydrogen) atoms. The van der Waals surface area contributed by atoms with E-state index in [1.165, 1.54) is 10.5 Å². The topological polar surface area (TPSA) is 59.1 Å². The molecular formula is C22H26N2O4. The van der Waals surface area contributed by atoms with Crippen molar-refractivity contribution in [2.45, 2.75) is 13.5 Å². The van der Waals surface area contributed by atoms with Crippen LogP contribution < -0.4 is 4.74 Å². The summed E-state index contributed by atoms with van der Waals surface area (Å²) in [5.41, 5.74) is 2.75. The number of carbonyl (C=O) groups is 2. The predicted octanol–water partition coefficient (Wildman–Crippen LogP) is 2.50. The lowest BCUT2D eigenvalue weighted by molar-refractivity contribution is -0.135. The van der Waals surface area contributed by atoms with Gasteiger partial charge in [0.15, 0.2) is 0 Å². The Morgan fingerprint density at radius 1 is 1.11 bits per heavy atom. The van der Waals surface area contributed by atoms with Gasteiger partial charge in [0.05, 0.1) is 19.8 Å². The molecule has 3 rings (SSSR count). The maximum atomic E-state index is 12.7. The SMILES string of the molecule is Cc1cccc(COc2cccc(C(=O)N(C)CC(=O)N3CCOCC3)c2)c1. The molecular weight excluding hydrogens is 356 g/mol. The molecule has 2 aromatic carbocycles. The molecule has 1 fully saturated rings. The van der Waals surface area contributed by atoms with Crippen LogP contribution in [0.25, 0.3) is 0 Å². The molecule has 2 amide bonds. The summed E-state index contributed by atoms with van der Waals surface area (Å²) in [6.07, 6.45) is 0. The zero-order valence-electron chi connectivity index (χ0n) is 16.4. The Kier molecular flexibility index (Phi) is 6.66. The van der Waals surface area contributed by atoms with Crippen LogP contribution in [-0.4, -0.2) is 61.5 Å². The molecule has 0 unspecified atom stereocenters. The largest absolute Gasteiger partial charge is 0.489 e. The van der Waals surface area contributed by atoms with Gasteiger partial charge in [-0.05, 0) is 30.7 Å². The molecule has 0 atom stereocenters. The van der Waals surface area contributed by atoms with Gasteiger partial charge in [0, 0.05) is 25.7 Å². The van der Waals surface area contributed by atoms with E-state index in [-0.39, 0.29) is 18.4 Å². The number of aryl methyl sites for hydroxylation is 1. The van der Waals surface area contributed by atoms with Crippen LogP contribution in [0.4, 0.5) is 0 Å². The summed E-state index contributed by atoms with van der Waals surface area (Å²) < 4.78 is 11.1. The minimum atomic E-state index is -0.206. The van der Waals surface area contributed by atoms with Gasteiger partial charge in [0.25, 0.3) is 5.91 Å². The highest BCUT2D eigenvalue weighted by Gasteiger charge is 2.21. The zero-order chi connectivity index (χ0) is 19.9. The van der Waals surface area contributed by atoms with Crippen molar-refractivity contribution < 1.29 is 19.1 Å². The molecule has 0 aliphatic carbocycles. The molecule has 0 bridgehead atoms. The highest BCUT2D eigenvalue weighted by molar-refractivity contribution is 5.96. The Morgan fingerprint density at radius 2 is 1.86 bits per heavy atom. The van der Waals surface area contributed by atoms with Crippen molar-refractivity contribution in [1.29, 1.82) is 0 Å².